The Hall–Kier alpha value is -1.42. The van der Waals surface area contributed by atoms with E-state index in [1.54, 1.807) is 6.92 Å². The van der Waals surface area contributed by atoms with Gasteiger partial charge in [-0.2, -0.15) is 0 Å². The van der Waals surface area contributed by atoms with E-state index in [0.29, 0.717) is 5.56 Å². The summed E-state index contributed by atoms with van der Waals surface area (Å²) in [5.74, 6) is 0. The number of allylic oxidation sites excluding steroid dienone is 1. The van der Waals surface area contributed by atoms with Crippen LogP contribution in [0.25, 0.3) is 5.57 Å². The summed E-state index contributed by atoms with van der Waals surface area (Å²) >= 11 is 0. The largest absolute Gasteiger partial charge is 0.313 e. The lowest BCUT2D eigenvalue weighted by atomic mass is 10.1. The quantitative estimate of drug-likeness (QED) is 0.740. The summed E-state index contributed by atoms with van der Waals surface area (Å²) < 4.78 is 0. The highest BCUT2D eigenvalue weighted by molar-refractivity contribution is 5.65. The van der Waals surface area contributed by atoms with Gasteiger partial charge in [0.25, 0.3) is 5.56 Å². The Morgan fingerprint density at radius 2 is 2.35 bits per heavy atom. The normalized spacial score (nSPS) is 11.8. The molecule has 0 atom stereocenters. The Bertz CT molecular complexity index is 435. The second-order valence-electron chi connectivity index (χ2n) is 4.05. The number of aromatic nitrogens is 2. The molecule has 0 amide bonds. The molecular weight excluding hydrogens is 214 g/mol. The summed E-state index contributed by atoms with van der Waals surface area (Å²) in [6, 6.07) is 0. The van der Waals surface area contributed by atoms with Gasteiger partial charge in [-0.1, -0.05) is 19.4 Å². The molecule has 0 bridgehead atoms. The monoisotopic (exact) mass is 235 g/mol. The van der Waals surface area contributed by atoms with Gasteiger partial charge >= 0.3 is 0 Å². The van der Waals surface area contributed by atoms with E-state index in [-0.39, 0.29) is 5.56 Å². The van der Waals surface area contributed by atoms with Crippen LogP contribution in [-0.2, 0) is 0 Å². The van der Waals surface area contributed by atoms with Gasteiger partial charge in [0, 0.05) is 12.1 Å². The number of nitrogens with zero attached hydrogens (tertiary/aromatic N) is 1. The lowest BCUT2D eigenvalue weighted by Gasteiger charge is -2.09. The van der Waals surface area contributed by atoms with E-state index < -0.39 is 0 Å². The van der Waals surface area contributed by atoms with Crippen molar-refractivity contribution in [3.8, 4) is 0 Å². The van der Waals surface area contributed by atoms with Gasteiger partial charge in [-0.3, -0.25) is 4.79 Å². The van der Waals surface area contributed by atoms with E-state index in [2.05, 4.69) is 22.2 Å². The minimum Gasteiger partial charge on any atom is -0.313 e. The third kappa shape index (κ3) is 3.82. The first-order valence-electron chi connectivity index (χ1n) is 6.11. The minimum absolute atomic E-state index is 0.0668. The molecule has 2 N–H and O–H groups in total. The van der Waals surface area contributed by atoms with Crippen molar-refractivity contribution in [3.63, 3.8) is 0 Å². The number of hydrogen-bond acceptors (Lipinski definition) is 3. The first kappa shape index (κ1) is 13.6. The highest BCUT2D eigenvalue weighted by Gasteiger charge is 2.07. The van der Waals surface area contributed by atoms with E-state index in [0.717, 1.165) is 24.4 Å². The number of unbranched alkanes of at least 4 members (excludes halogenated alkanes) is 1. The molecule has 17 heavy (non-hydrogen) atoms. The first-order chi connectivity index (χ1) is 8.20. The van der Waals surface area contributed by atoms with Crippen molar-refractivity contribution in [2.24, 2.45) is 0 Å². The van der Waals surface area contributed by atoms with Crippen LogP contribution in [-0.4, -0.2) is 23.1 Å². The number of H-pyrrole nitrogens is 1. The van der Waals surface area contributed by atoms with E-state index in [1.165, 1.54) is 19.2 Å². The Labute approximate surface area is 102 Å². The fourth-order valence-electron chi connectivity index (χ4n) is 1.64. The predicted octanol–water partition coefficient (Wildman–Crippen LogP) is 1.87. The van der Waals surface area contributed by atoms with Gasteiger partial charge in [0.05, 0.1) is 12.0 Å². The van der Waals surface area contributed by atoms with E-state index in [4.69, 9.17) is 0 Å². The molecule has 0 aromatic carbocycles. The lowest BCUT2D eigenvalue weighted by molar-refractivity contribution is 0.684. The number of rotatable bonds is 6. The van der Waals surface area contributed by atoms with Gasteiger partial charge < -0.3 is 10.3 Å². The van der Waals surface area contributed by atoms with Crippen LogP contribution in [0.3, 0.4) is 0 Å². The zero-order valence-corrected chi connectivity index (χ0v) is 10.8. The molecule has 0 fully saturated rings. The summed E-state index contributed by atoms with van der Waals surface area (Å²) in [4.78, 5) is 18.3. The van der Waals surface area contributed by atoms with Gasteiger partial charge in [-0.25, -0.2) is 4.98 Å². The van der Waals surface area contributed by atoms with Crippen molar-refractivity contribution in [2.45, 2.75) is 33.6 Å². The molecule has 0 aliphatic rings. The molecule has 0 spiro atoms. The number of aromatic amines is 1. The highest BCUT2D eigenvalue weighted by Crippen LogP contribution is 2.11. The molecule has 1 heterocycles. The minimum atomic E-state index is -0.0668. The fourth-order valence-corrected chi connectivity index (χ4v) is 1.64. The molecule has 0 unspecified atom stereocenters. The van der Waals surface area contributed by atoms with Crippen molar-refractivity contribution in [1.82, 2.24) is 15.3 Å². The van der Waals surface area contributed by atoms with Gasteiger partial charge in [-0.15, -0.1) is 0 Å². The third-order valence-corrected chi connectivity index (χ3v) is 2.76. The molecule has 0 aliphatic carbocycles. The van der Waals surface area contributed by atoms with Crippen LogP contribution in [0.1, 0.15) is 37.9 Å². The molecule has 0 saturated carbocycles. The number of hydrogen-bond donors (Lipinski definition) is 2. The summed E-state index contributed by atoms with van der Waals surface area (Å²) in [7, 11) is 0. The maximum absolute atomic E-state index is 11.5. The third-order valence-electron chi connectivity index (χ3n) is 2.76. The van der Waals surface area contributed by atoms with Crippen LogP contribution >= 0.6 is 0 Å². The zero-order chi connectivity index (χ0) is 12.7. The van der Waals surface area contributed by atoms with Crippen LogP contribution < -0.4 is 10.9 Å². The van der Waals surface area contributed by atoms with Crippen LogP contribution in [0.2, 0.25) is 0 Å². The van der Waals surface area contributed by atoms with Crippen LogP contribution in [0, 0.1) is 6.92 Å². The van der Waals surface area contributed by atoms with Gasteiger partial charge in [-0.05, 0) is 32.4 Å². The highest BCUT2D eigenvalue weighted by atomic mass is 16.1. The molecule has 4 heteroatoms. The van der Waals surface area contributed by atoms with E-state index in [1.807, 2.05) is 13.0 Å². The predicted molar refractivity (Wildman–Crippen MR) is 71.0 cm³/mol. The van der Waals surface area contributed by atoms with Crippen molar-refractivity contribution >= 4 is 5.57 Å². The van der Waals surface area contributed by atoms with Crippen molar-refractivity contribution in [3.05, 3.63) is 34.0 Å². The van der Waals surface area contributed by atoms with Crippen LogP contribution in [0.5, 0.6) is 0 Å². The maximum atomic E-state index is 11.5. The Kier molecular flexibility index (Phi) is 5.63. The molecule has 0 saturated heterocycles. The maximum Gasteiger partial charge on any atom is 0.254 e. The molecule has 94 valence electrons. The Balaban J connectivity index is 2.74. The van der Waals surface area contributed by atoms with Crippen molar-refractivity contribution < 1.29 is 0 Å². The Morgan fingerprint density at radius 3 is 3.00 bits per heavy atom. The molecule has 4 nitrogen and oxygen atoms in total. The van der Waals surface area contributed by atoms with Crippen LogP contribution in [0.15, 0.2) is 17.2 Å². The molecule has 0 aliphatic heterocycles. The van der Waals surface area contributed by atoms with Gasteiger partial charge in [0.1, 0.15) is 0 Å². The molecule has 1 aromatic heterocycles. The van der Waals surface area contributed by atoms with Crippen LogP contribution in [0.4, 0.5) is 0 Å². The summed E-state index contributed by atoms with van der Waals surface area (Å²) in [5.41, 5.74) is 2.48. The van der Waals surface area contributed by atoms with E-state index >= 15 is 0 Å². The summed E-state index contributed by atoms with van der Waals surface area (Å²) in [5, 5.41) is 3.36. The zero-order valence-electron chi connectivity index (χ0n) is 10.8. The SMILES string of the molecule is C/C=C(/CNCCCC)c1nc[nH]c(=O)c1C. The first-order valence-corrected chi connectivity index (χ1v) is 6.11. The fraction of sp³-hybridized carbons (Fsp3) is 0.538. The number of nitrogens with one attached hydrogen (secondary N) is 2. The lowest BCUT2D eigenvalue weighted by Crippen LogP contribution is -2.20. The molecule has 1 aromatic rings. The standard InChI is InChI=1S/C13H21N3O/c1-4-6-7-14-8-11(5-2)12-10(3)13(17)16-9-15-12/h5,9,14H,4,6-8H2,1-3H3,(H,15,16,17)/b11-5-. The second kappa shape index (κ2) is 7.01. The second-order valence-corrected chi connectivity index (χ2v) is 4.05. The summed E-state index contributed by atoms with van der Waals surface area (Å²) in [6.07, 6.45) is 5.81. The van der Waals surface area contributed by atoms with E-state index in [9.17, 15) is 4.79 Å². The van der Waals surface area contributed by atoms with Crippen molar-refractivity contribution in [1.29, 1.82) is 0 Å². The van der Waals surface area contributed by atoms with Gasteiger partial charge in [0.2, 0.25) is 0 Å². The Morgan fingerprint density at radius 1 is 1.59 bits per heavy atom. The average Bonchev–Trinajstić information content (AvgIpc) is 2.34. The molecule has 1 rings (SSSR count). The van der Waals surface area contributed by atoms with Gasteiger partial charge in [0.15, 0.2) is 0 Å². The van der Waals surface area contributed by atoms with Crippen molar-refractivity contribution in [2.75, 3.05) is 13.1 Å². The summed E-state index contributed by atoms with van der Waals surface area (Å²) in [6.45, 7) is 7.69. The molecular formula is C13H21N3O. The topological polar surface area (TPSA) is 57.8 Å². The smallest absolute Gasteiger partial charge is 0.254 e. The average molecular weight is 235 g/mol. The molecule has 0 radical (unpaired) electrons.